The summed E-state index contributed by atoms with van der Waals surface area (Å²) >= 11 is 0. The summed E-state index contributed by atoms with van der Waals surface area (Å²) in [5.41, 5.74) is 5.93. The molecule has 0 saturated carbocycles. The number of benzene rings is 2. The number of nitriles is 1. The lowest BCUT2D eigenvalue weighted by atomic mass is 10.1. The summed E-state index contributed by atoms with van der Waals surface area (Å²) in [6, 6.07) is 19.2. The minimum Gasteiger partial charge on any atom is -0.277 e. The minimum atomic E-state index is -0.111. The van der Waals surface area contributed by atoms with E-state index in [1.54, 1.807) is 27.6 Å². The Balaban J connectivity index is 1.67. The van der Waals surface area contributed by atoms with Gasteiger partial charge in [-0.2, -0.15) is 15.5 Å². The molecule has 31 heavy (non-hydrogen) atoms. The zero-order valence-electron chi connectivity index (χ0n) is 17.1. The van der Waals surface area contributed by atoms with Crippen molar-refractivity contribution >= 4 is 23.1 Å². The Bertz CT molecular complexity index is 1330. The molecule has 0 aliphatic rings. The SMILES string of the molecule is CCn1c(N/N=C\c2cn(CCC#N)nc2-c2ccccc2)nc2ccccc2c1=O. The Morgan fingerprint density at radius 1 is 1.16 bits per heavy atom. The summed E-state index contributed by atoms with van der Waals surface area (Å²) in [5, 5.41) is 18.4. The number of nitrogens with zero attached hydrogens (tertiary/aromatic N) is 6. The highest BCUT2D eigenvalue weighted by atomic mass is 16.1. The molecule has 4 aromatic rings. The molecule has 0 atom stereocenters. The van der Waals surface area contributed by atoms with E-state index in [4.69, 9.17) is 5.26 Å². The molecule has 0 aliphatic carbocycles. The number of fused-ring (bicyclic) bond motifs is 1. The van der Waals surface area contributed by atoms with Gasteiger partial charge in [0, 0.05) is 23.9 Å². The predicted molar refractivity (Wildman–Crippen MR) is 121 cm³/mol. The number of para-hydroxylation sites is 1. The third-order valence-electron chi connectivity index (χ3n) is 4.84. The van der Waals surface area contributed by atoms with E-state index in [0.717, 1.165) is 16.8 Å². The largest absolute Gasteiger partial charge is 0.277 e. The highest BCUT2D eigenvalue weighted by Gasteiger charge is 2.11. The summed E-state index contributed by atoms with van der Waals surface area (Å²) in [5.74, 6) is 0.376. The molecule has 0 fully saturated rings. The first-order valence-electron chi connectivity index (χ1n) is 9.99. The van der Waals surface area contributed by atoms with Crippen LogP contribution in [0.5, 0.6) is 0 Å². The molecule has 0 unspecified atom stereocenters. The quantitative estimate of drug-likeness (QED) is 0.370. The van der Waals surface area contributed by atoms with Crippen molar-refractivity contribution in [3.8, 4) is 17.3 Å². The van der Waals surface area contributed by atoms with Crippen molar-refractivity contribution in [1.82, 2.24) is 19.3 Å². The number of anilines is 1. The Hall–Kier alpha value is -4.25. The van der Waals surface area contributed by atoms with E-state index in [2.05, 4.69) is 26.7 Å². The molecule has 2 aromatic heterocycles. The summed E-state index contributed by atoms with van der Waals surface area (Å²) in [6.07, 6.45) is 3.87. The fourth-order valence-corrected chi connectivity index (χ4v) is 3.34. The first-order chi connectivity index (χ1) is 15.2. The molecule has 2 heterocycles. The van der Waals surface area contributed by atoms with Gasteiger partial charge in [-0.25, -0.2) is 10.4 Å². The Morgan fingerprint density at radius 2 is 1.94 bits per heavy atom. The van der Waals surface area contributed by atoms with Crippen LogP contribution in [0.15, 0.2) is 70.7 Å². The van der Waals surface area contributed by atoms with Gasteiger partial charge >= 0.3 is 0 Å². The van der Waals surface area contributed by atoms with Crippen LogP contribution in [0.4, 0.5) is 5.95 Å². The van der Waals surface area contributed by atoms with E-state index >= 15 is 0 Å². The number of rotatable bonds is 7. The highest BCUT2D eigenvalue weighted by molar-refractivity contribution is 5.89. The standard InChI is InChI=1S/C23H21N7O/c1-2-30-22(31)19-11-6-7-12-20(19)26-23(30)27-25-15-18-16-29(14-8-13-24)28-21(18)17-9-4-3-5-10-17/h3-7,9-12,15-16H,2,8,14H2,1H3,(H,26,27)/b25-15-. The molecule has 8 nitrogen and oxygen atoms in total. The predicted octanol–water partition coefficient (Wildman–Crippen LogP) is 3.64. The lowest BCUT2D eigenvalue weighted by molar-refractivity contribution is 0.629. The van der Waals surface area contributed by atoms with E-state index in [0.29, 0.717) is 36.4 Å². The highest BCUT2D eigenvalue weighted by Crippen LogP contribution is 2.21. The molecule has 0 spiro atoms. The van der Waals surface area contributed by atoms with Crippen LogP contribution < -0.4 is 11.0 Å². The van der Waals surface area contributed by atoms with Crippen LogP contribution in [0.25, 0.3) is 22.2 Å². The molecule has 0 amide bonds. The zero-order chi connectivity index (χ0) is 21.6. The maximum absolute atomic E-state index is 12.7. The average Bonchev–Trinajstić information content (AvgIpc) is 3.21. The topological polar surface area (TPSA) is 101 Å². The van der Waals surface area contributed by atoms with Gasteiger partial charge in [0.1, 0.15) is 5.69 Å². The normalized spacial score (nSPS) is 11.1. The third-order valence-corrected chi connectivity index (χ3v) is 4.84. The van der Waals surface area contributed by atoms with Gasteiger partial charge in [0.25, 0.3) is 5.56 Å². The number of nitrogens with one attached hydrogen (secondary N) is 1. The number of hydrogen-bond donors (Lipinski definition) is 1. The molecule has 2 aromatic carbocycles. The minimum absolute atomic E-state index is 0.111. The van der Waals surface area contributed by atoms with Gasteiger partial charge in [-0.3, -0.25) is 14.0 Å². The van der Waals surface area contributed by atoms with Crippen LogP contribution in [-0.2, 0) is 13.1 Å². The molecule has 8 heteroatoms. The number of aromatic nitrogens is 4. The van der Waals surface area contributed by atoms with Crippen molar-refractivity contribution in [3.05, 3.63) is 76.7 Å². The summed E-state index contributed by atoms with van der Waals surface area (Å²) < 4.78 is 3.29. The summed E-state index contributed by atoms with van der Waals surface area (Å²) in [6.45, 7) is 2.86. The first-order valence-corrected chi connectivity index (χ1v) is 9.99. The van der Waals surface area contributed by atoms with Gasteiger partial charge in [0.15, 0.2) is 0 Å². The molecular weight excluding hydrogens is 390 g/mol. The van der Waals surface area contributed by atoms with Gasteiger partial charge in [-0.05, 0) is 19.1 Å². The number of hydrogen-bond acceptors (Lipinski definition) is 6. The van der Waals surface area contributed by atoms with E-state index in [9.17, 15) is 4.79 Å². The van der Waals surface area contributed by atoms with Crippen molar-refractivity contribution in [2.24, 2.45) is 5.10 Å². The molecular formula is C23H21N7O. The van der Waals surface area contributed by atoms with Crippen LogP contribution in [0.3, 0.4) is 0 Å². The van der Waals surface area contributed by atoms with Gasteiger partial charge < -0.3 is 0 Å². The van der Waals surface area contributed by atoms with Crippen molar-refractivity contribution < 1.29 is 0 Å². The number of hydrazone groups is 1. The van der Waals surface area contributed by atoms with Crippen LogP contribution in [0.1, 0.15) is 18.9 Å². The lowest BCUT2D eigenvalue weighted by Gasteiger charge is -2.10. The number of aryl methyl sites for hydroxylation is 1. The smallest absolute Gasteiger partial charge is 0.262 e. The van der Waals surface area contributed by atoms with Crippen LogP contribution >= 0.6 is 0 Å². The molecule has 0 radical (unpaired) electrons. The molecule has 4 rings (SSSR count). The first kappa shape index (κ1) is 20.0. The van der Waals surface area contributed by atoms with Crippen molar-refractivity contribution in [3.63, 3.8) is 0 Å². The molecule has 0 saturated heterocycles. The fraction of sp³-hybridized carbons (Fsp3) is 0.174. The molecule has 154 valence electrons. The second kappa shape index (κ2) is 9.05. The van der Waals surface area contributed by atoms with E-state index in [-0.39, 0.29) is 5.56 Å². The van der Waals surface area contributed by atoms with Gasteiger partial charge in [-0.15, -0.1) is 0 Å². The molecule has 1 N–H and O–H groups in total. The zero-order valence-corrected chi connectivity index (χ0v) is 17.1. The second-order valence-corrected chi connectivity index (χ2v) is 6.84. The lowest BCUT2D eigenvalue weighted by Crippen LogP contribution is -2.23. The molecule has 0 aliphatic heterocycles. The van der Waals surface area contributed by atoms with E-state index < -0.39 is 0 Å². The maximum atomic E-state index is 12.7. The van der Waals surface area contributed by atoms with E-state index in [1.165, 1.54) is 0 Å². The van der Waals surface area contributed by atoms with Crippen molar-refractivity contribution in [1.29, 1.82) is 5.26 Å². The third kappa shape index (κ3) is 4.21. The van der Waals surface area contributed by atoms with E-state index in [1.807, 2.05) is 55.6 Å². The molecule has 0 bridgehead atoms. The summed E-state index contributed by atoms with van der Waals surface area (Å²) in [7, 11) is 0. The van der Waals surface area contributed by atoms with Gasteiger partial charge in [0.05, 0.1) is 36.2 Å². The van der Waals surface area contributed by atoms with Crippen LogP contribution in [0, 0.1) is 11.3 Å². The van der Waals surface area contributed by atoms with Gasteiger partial charge in [0.2, 0.25) is 5.95 Å². The van der Waals surface area contributed by atoms with Crippen LogP contribution in [0.2, 0.25) is 0 Å². The summed E-state index contributed by atoms with van der Waals surface area (Å²) in [4.78, 5) is 17.3. The maximum Gasteiger partial charge on any atom is 0.262 e. The van der Waals surface area contributed by atoms with Crippen LogP contribution in [-0.4, -0.2) is 25.5 Å². The fourth-order valence-electron chi connectivity index (χ4n) is 3.34. The monoisotopic (exact) mass is 411 g/mol. The Labute approximate surface area is 179 Å². The average molecular weight is 411 g/mol. The van der Waals surface area contributed by atoms with Crippen molar-refractivity contribution in [2.45, 2.75) is 26.4 Å². The second-order valence-electron chi connectivity index (χ2n) is 6.84. The Kier molecular flexibility index (Phi) is 5.85. The van der Waals surface area contributed by atoms with Gasteiger partial charge in [-0.1, -0.05) is 42.5 Å². The Morgan fingerprint density at radius 3 is 2.71 bits per heavy atom. The van der Waals surface area contributed by atoms with Crippen molar-refractivity contribution in [2.75, 3.05) is 5.43 Å².